The van der Waals surface area contributed by atoms with Crippen LogP contribution in [-0.2, 0) is 9.53 Å². The van der Waals surface area contributed by atoms with E-state index in [2.05, 4.69) is 23.5 Å². The lowest BCUT2D eigenvalue weighted by Gasteiger charge is -2.21. The molecule has 0 amide bonds. The summed E-state index contributed by atoms with van der Waals surface area (Å²) in [5.74, 6) is 2.21. The highest BCUT2D eigenvalue weighted by molar-refractivity contribution is 5.36. The van der Waals surface area contributed by atoms with Crippen LogP contribution >= 0.6 is 0 Å². The fraction of sp³-hybridized carbons (Fsp3) is 0.909. The molecule has 1 saturated heterocycles. The van der Waals surface area contributed by atoms with Crippen LogP contribution in [0, 0.1) is 11.8 Å². The Labute approximate surface area is 86.4 Å². The summed E-state index contributed by atoms with van der Waals surface area (Å²) in [7, 11) is 0. The zero-order valence-corrected chi connectivity index (χ0v) is 9.40. The molecule has 0 N–H and O–H groups in total. The number of fused-ring (bicyclic) bond motifs is 1. The highest BCUT2D eigenvalue weighted by Gasteiger charge is 2.45. The van der Waals surface area contributed by atoms with E-state index in [0.717, 1.165) is 17.9 Å². The summed E-state index contributed by atoms with van der Waals surface area (Å²) in [5, 5.41) is 0. The van der Waals surface area contributed by atoms with Crippen molar-refractivity contribution in [3.63, 3.8) is 0 Å². The average Bonchev–Trinajstić information content (AvgIpc) is 2.76. The van der Waals surface area contributed by atoms with Crippen molar-refractivity contribution in [2.45, 2.75) is 33.2 Å². The van der Waals surface area contributed by atoms with Crippen molar-refractivity contribution in [3.05, 3.63) is 0 Å². The SMILES string of the molecule is CC(C)N1C[C@H]2C[C@H]2C1.CCOC=O. The molecule has 2 aliphatic rings. The Hall–Kier alpha value is -0.570. The first kappa shape index (κ1) is 11.5. The molecule has 0 spiro atoms. The minimum Gasteiger partial charge on any atom is -0.468 e. The van der Waals surface area contributed by atoms with Gasteiger partial charge in [0.1, 0.15) is 0 Å². The highest BCUT2D eigenvalue weighted by Crippen LogP contribution is 2.45. The molecule has 82 valence electrons. The fourth-order valence-corrected chi connectivity index (χ4v) is 1.92. The first-order chi connectivity index (χ1) is 6.69. The number of carbonyl (C=O) groups excluding carboxylic acids is 1. The lowest BCUT2D eigenvalue weighted by molar-refractivity contribution is -0.128. The van der Waals surface area contributed by atoms with Gasteiger partial charge >= 0.3 is 0 Å². The molecule has 0 aromatic rings. The molecule has 1 aliphatic carbocycles. The van der Waals surface area contributed by atoms with Gasteiger partial charge in [-0.05, 0) is 39.0 Å². The van der Waals surface area contributed by atoms with Gasteiger partial charge in [-0.1, -0.05) is 0 Å². The van der Waals surface area contributed by atoms with Crippen molar-refractivity contribution >= 4 is 6.47 Å². The Balaban J connectivity index is 0.000000171. The van der Waals surface area contributed by atoms with Crippen molar-refractivity contribution in [1.82, 2.24) is 4.90 Å². The number of piperidine rings is 1. The first-order valence-corrected chi connectivity index (χ1v) is 5.48. The van der Waals surface area contributed by atoms with Gasteiger partial charge < -0.3 is 9.64 Å². The van der Waals surface area contributed by atoms with E-state index < -0.39 is 0 Å². The van der Waals surface area contributed by atoms with E-state index in [1.807, 2.05) is 0 Å². The number of rotatable bonds is 3. The summed E-state index contributed by atoms with van der Waals surface area (Å²) in [5.41, 5.74) is 0. The molecular weight excluding hydrogens is 178 g/mol. The van der Waals surface area contributed by atoms with Gasteiger partial charge in [0, 0.05) is 19.1 Å². The summed E-state index contributed by atoms with van der Waals surface area (Å²) >= 11 is 0. The Morgan fingerprint density at radius 2 is 2.00 bits per heavy atom. The number of likely N-dealkylation sites (tertiary alicyclic amines) is 1. The molecule has 0 bridgehead atoms. The van der Waals surface area contributed by atoms with E-state index in [-0.39, 0.29) is 0 Å². The molecule has 14 heavy (non-hydrogen) atoms. The number of ether oxygens (including phenoxy) is 1. The van der Waals surface area contributed by atoms with E-state index in [4.69, 9.17) is 0 Å². The molecule has 0 radical (unpaired) electrons. The third-order valence-corrected chi connectivity index (χ3v) is 2.97. The Morgan fingerprint density at radius 1 is 1.43 bits per heavy atom. The van der Waals surface area contributed by atoms with Gasteiger partial charge in [-0.15, -0.1) is 0 Å². The summed E-state index contributed by atoms with van der Waals surface area (Å²) in [6.07, 6.45) is 1.53. The maximum absolute atomic E-state index is 9.18. The molecular formula is C11H21NO2. The van der Waals surface area contributed by atoms with Gasteiger partial charge in [0.15, 0.2) is 0 Å². The number of hydrogen-bond donors (Lipinski definition) is 0. The molecule has 2 rings (SSSR count). The average molecular weight is 199 g/mol. The number of carbonyl (C=O) groups is 1. The van der Waals surface area contributed by atoms with Crippen LogP contribution in [0.2, 0.25) is 0 Å². The zero-order valence-electron chi connectivity index (χ0n) is 9.40. The van der Waals surface area contributed by atoms with E-state index in [1.165, 1.54) is 19.5 Å². The maximum atomic E-state index is 9.18. The van der Waals surface area contributed by atoms with Crippen LogP contribution in [0.5, 0.6) is 0 Å². The first-order valence-electron chi connectivity index (χ1n) is 5.48. The van der Waals surface area contributed by atoms with E-state index in [0.29, 0.717) is 13.1 Å². The van der Waals surface area contributed by atoms with Gasteiger partial charge in [-0.3, -0.25) is 4.79 Å². The van der Waals surface area contributed by atoms with Gasteiger partial charge in [-0.25, -0.2) is 0 Å². The third-order valence-electron chi connectivity index (χ3n) is 2.97. The molecule has 1 aliphatic heterocycles. The van der Waals surface area contributed by atoms with E-state index in [1.54, 1.807) is 6.92 Å². The van der Waals surface area contributed by atoms with Crippen LogP contribution in [-0.4, -0.2) is 37.1 Å². The zero-order chi connectivity index (χ0) is 10.6. The second kappa shape index (κ2) is 5.35. The van der Waals surface area contributed by atoms with Gasteiger partial charge in [0.25, 0.3) is 6.47 Å². The lowest BCUT2D eigenvalue weighted by Crippen LogP contribution is -2.29. The second-order valence-corrected chi connectivity index (χ2v) is 4.36. The summed E-state index contributed by atoms with van der Waals surface area (Å²) in [4.78, 5) is 11.8. The monoisotopic (exact) mass is 199 g/mol. The largest absolute Gasteiger partial charge is 0.468 e. The molecule has 0 aromatic heterocycles. The molecule has 1 saturated carbocycles. The Kier molecular flexibility index (Phi) is 4.39. The Morgan fingerprint density at radius 3 is 2.21 bits per heavy atom. The van der Waals surface area contributed by atoms with Crippen LogP contribution in [0.15, 0.2) is 0 Å². The van der Waals surface area contributed by atoms with Crippen LogP contribution in [0.4, 0.5) is 0 Å². The molecule has 0 unspecified atom stereocenters. The fourth-order valence-electron chi connectivity index (χ4n) is 1.92. The van der Waals surface area contributed by atoms with Crippen LogP contribution in [0.3, 0.4) is 0 Å². The van der Waals surface area contributed by atoms with Crippen LogP contribution in [0.25, 0.3) is 0 Å². The van der Waals surface area contributed by atoms with Crippen LogP contribution < -0.4 is 0 Å². The van der Waals surface area contributed by atoms with Gasteiger partial charge in [-0.2, -0.15) is 0 Å². The lowest BCUT2D eigenvalue weighted by atomic mass is 10.3. The standard InChI is InChI=1S/C8H15N.C3H6O2/c1-6(2)9-4-7-3-8(7)5-9;1-2-5-3-4/h6-8H,3-5H2,1-2H3;3H,2H2,1H3/t7-,8+;. The van der Waals surface area contributed by atoms with Gasteiger partial charge in [0.05, 0.1) is 6.61 Å². The highest BCUT2D eigenvalue weighted by atomic mass is 16.5. The van der Waals surface area contributed by atoms with Crippen molar-refractivity contribution in [2.24, 2.45) is 11.8 Å². The van der Waals surface area contributed by atoms with Crippen LogP contribution in [0.1, 0.15) is 27.2 Å². The normalized spacial score (nSPS) is 29.1. The van der Waals surface area contributed by atoms with E-state index in [9.17, 15) is 4.79 Å². The Bertz CT molecular complexity index is 172. The second-order valence-electron chi connectivity index (χ2n) is 4.36. The minimum atomic E-state index is 0.431. The van der Waals surface area contributed by atoms with E-state index >= 15 is 0 Å². The third kappa shape index (κ3) is 3.29. The maximum Gasteiger partial charge on any atom is 0.293 e. The van der Waals surface area contributed by atoms with Crippen molar-refractivity contribution in [1.29, 1.82) is 0 Å². The summed E-state index contributed by atoms with van der Waals surface area (Å²) < 4.78 is 4.15. The predicted octanol–water partition coefficient (Wildman–Crippen LogP) is 1.53. The summed E-state index contributed by atoms with van der Waals surface area (Å²) in [6, 6.07) is 0.790. The molecule has 1 heterocycles. The van der Waals surface area contributed by atoms with Crippen molar-refractivity contribution in [2.75, 3.05) is 19.7 Å². The quantitative estimate of drug-likeness (QED) is 0.645. The molecule has 3 heteroatoms. The molecule has 2 fully saturated rings. The topological polar surface area (TPSA) is 29.5 Å². The summed E-state index contributed by atoms with van der Waals surface area (Å²) in [6.45, 7) is 10.0. The minimum absolute atomic E-state index is 0.431. The van der Waals surface area contributed by atoms with Crippen molar-refractivity contribution < 1.29 is 9.53 Å². The number of nitrogens with zero attached hydrogens (tertiary/aromatic N) is 1. The smallest absolute Gasteiger partial charge is 0.293 e. The van der Waals surface area contributed by atoms with Crippen molar-refractivity contribution in [3.8, 4) is 0 Å². The van der Waals surface area contributed by atoms with Gasteiger partial charge in [0.2, 0.25) is 0 Å². The molecule has 0 aromatic carbocycles. The predicted molar refractivity (Wildman–Crippen MR) is 56.0 cm³/mol. The number of hydrogen-bond acceptors (Lipinski definition) is 3. The molecule has 2 atom stereocenters. The molecule has 3 nitrogen and oxygen atoms in total.